The van der Waals surface area contributed by atoms with Gasteiger partial charge in [-0.3, -0.25) is 4.68 Å². The van der Waals surface area contributed by atoms with Crippen molar-refractivity contribution in [3.05, 3.63) is 42.2 Å². The summed E-state index contributed by atoms with van der Waals surface area (Å²) in [6.45, 7) is -2.42. The molecule has 0 aliphatic heterocycles. The molecule has 0 aliphatic carbocycles. The van der Waals surface area contributed by atoms with Crippen LogP contribution in [-0.2, 0) is 13.6 Å². The van der Waals surface area contributed by atoms with E-state index in [-0.39, 0.29) is 5.75 Å². The normalized spacial score (nSPS) is 10.7. The minimum absolute atomic E-state index is 0.184. The van der Waals surface area contributed by atoms with Crippen LogP contribution in [0.25, 0.3) is 0 Å². The second kappa shape index (κ2) is 5.48. The van der Waals surface area contributed by atoms with Gasteiger partial charge in [-0.1, -0.05) is 18.2 Å². The van der Waals surface area contributed by atoms with Crippen molar-refractivity contribution < 1.29 is 13.5 Å². The van der Waals surface area contributed by atoms with E-state index in [4.69, 9.17) is 0 Å². The summed E-state index contributed by atoms with van der Waals surface area (Å²) in [5.41, 5.74) is 1.49. The molecule has 2 aromatic rings. The molecule has 1 aromatic carbocycles. The Bertz CT molecular complexity index is 514. The second-order valence-corrected chi connectivity index (χ2v) is 3.74. The molecule has 0 saturated heterocycles. The lowest BCUT2D eigenvalue weighted by Crippen LogP contribution is -2.06. The standard InChI is InChI=1S/C12H13F2N3O/c1-17-8-10(7-16-17)15-6-9-4-2-3-5-11(9)18-12(13)14/h2-5,7-8,12,15H,6H2,1H3. The summed E-state index contributed by atoms with van der Waals surface area (Å²) < 4.78 is 30.5. The lowest BCUT2D eigenvalue weighted by Gasteiger charge is -2.10. The van der Waals surface area contributed by atoms with Gasteiger partial charge in [-0.25, -0.2) is 0 Å². The van der Waals surface area contributed by atoms with Crippen molar-refractivity contribution in [1.82, 2.24) is 9.78 Å². The van der Waals surface area contributed by atoms with Gasteiger partial charge in [0.15, 0.2) is 0 Å². The van der Waals surface area contributed by atoms with Crippen LogP contribution in [0.15, 0.2) is 36.7 Å². The molecular formula is C12H13F2N3O. The van der Waals surface area contributed by atoms with Crippen molar-refractivity contribution >= 4 is 5.69 Å². The maximum Gasteiger partial charge on any atom is 0.387 e. The van der Waals surface area contributed by atoms with Gasteiger partial charge in [-0.15, -0.1) is 0 Å². The molecule has 0 spiro atoms. The lowest BCUT2D eigenvalue weighted by molar-refractivity contribution is -0.0504. The highest BCUT2D eigenvalue weighted by atomic mass is 19.3. The number of hydrogen-bond acceptors (Lipinski definition) is 3. The largest absolute Gasteiger partial charge is 0.434 e. The number of alkyl halides is 2. The molecule has 1 heterocycles. The zero-order chi connectivity index (χ0) is 13.0. The maximum atomic E-state index is 12.2. The van der Waals surface area contributed by atoms with Crippen molar-refractivity contribution in [2.24, 2.45) is 7.05 Å². The molecule has 0 aliphatic rings. The monoisotopic (exact) mass is 253 g/mol. The van der Waals surface area contributed by atoms with Gasteiger partial charge in [0.1, 0.15) is 5.75 Å². The van der Waals surface area contributed by atoms with Gasteiger partial charge in [0, 0.05) is 25.4 Å². The summed E-state index contributed by atoms with van der Waals surface area (Å²) in [5, 5.41) is 7.09. The number of anilines is 1. The maximum absolute atomic E-state index is 12.2. The van der Waals surface area contributed by atoms with Crippen molar-refractivity contribution in [1.29, 1.82) is 0 Å². The first-order valence-electron chi connectivity index (χ1n) is 5.40. The number of aromatic nitrogens is 2. The van der Waals surface area contributed by atoms with E-state index in [2.05, 4.69) is 15.2 Å². The topological polar surface area (TPSA) is 39.1 Å². The van der Waals surface area contributed by atoms with Crippen LogP contribution in [0.1, 0.15) is 5.56 Å². The van der Waals surface area contributed by atoms with Crippen LogP contribution < -0.4 is 10.1 Å². The molecule has 0 atom stereocenters. The molecule has 0 fully saturated rings. The Morgan fingerprint density at radius 1 is 1.39 bits per heavy atom. The minimum atomic E-state index is -2.82. The van der Waals surface area contributed by atoms with Crippen molar-refractivity contribution in [2.45, 2.75) is 13.2 Å². The molecule has 1 aromatic heterocycles. The number of ether oxygens (including phenoxy) is 1. The third-order valence-electron chi connectivity index (χ3n) is 2.38. The molecule has 0 bridgehead atoms. The minimum Gasteiger partial charge on any atom is -0.434 e. The molecule has 0 saturated carbocycles. The fourth-order valence-electron chi connectivity index (χ4n) is 1.57. The third kappa shape index (κ3) is 3.19. The predicted octanol–water partition coefficient (Wildman–Crippen LogP) is 2.63. The zero-order valence-electron chi connectivity index (χ0n) is 9.81. The van der Waals surface area contributed by atoms with Crippen LogP contribution in [0, 0.1) is 0 Å². The Morgan fingerprint density at radius 3 is 2.83 bits per heavy atom. The van der Waals surface area contributed by atoms with Crippen LogP contribution in [0.4, 0.5) is 14.5 Å². The number of nitrogens with one attached hydrogen (secondary N) is 1. The first kappa shape index (κ1) is 12.3. The molecule has 4 nitrogen and oxygen atoms in total. The number of nitrogens with zero attached hydrogens (tertiary/aromatic N) is 2. The second-order valence-electron chi connectivity index (χ2n) is 3.74. The van der Waals surface area contributed by atoms with Gasteiger partial charge in [-0.2, -0.15) is 13.9 Å². The molecule has 0 amide bonds. The predicted molar refractivity (Wildman–Crippen MR) is 63.6 cm³/mol. The Balaban J connectivity index is 2.04. The van der Waals surface area contributed by atoms with Gasteiger partial charge < -0.3 is 10.1 Å². The molecule has 18 heavy (non-hydrogen) atoms. The van der Waals surface area contributed by atoms with E-state index in [1.165, 1.54) is 6.07 Å². The number of para-hydroxylation sites is 1. The molecule has 2 rings (SSSR count). The molecule has 6 heteroatoms. The van der Waals surface area contributed by atoms with Crippen LogP contribution >= 0.6 is 0 Å². The molecule has 0 unspecified atom stereocenters. The van der Waals surface area contributed by atoms with Gasteiger partial charge in [0.05, 0.1) is 11.9 Å². The number of halogens is 2. The third-order valence-corrected chi connectivity index (χ3v) is 2.38. The van der Waals surface area contributed by atoms with Crippen LogP contribution in [0.5, 0.6) is 5.75 Å². The summed E-state index contributed by atoms with van der Waals surface area (Å²) >= 11 is 0. The van der Waals surface area contributed by atoms with E-state index < -0.39 is 6.61 Å². The van der Waals surface area contributed by atoms with Crippen molar-refractivity contribution in [2.75, 3.05) is 5.32 Å². The van der Waals surface area contributed by atoms with Gasteiger partial charge in [0.2, 0.25) is 0 Å². The number of aryl methyl sites for hydroxylation is 1. The smallest absolute Gasteiger partial charge is 0.387 e. The highest BCUT2D eigenvalue weighted by molar-refractivity contribution is 5.42. The summed E-state index contributed by atoms with van der Waals surface area (Å²) in [7, 11) is 1.80. The van der Waals surface area contributed by atoms with Crippen LogP contribution in [-0.4, -0.2) is 16.4 Å². The average molecular weight is 253 g/mol. The quantitative estimate of drug-likeness (QED) is 0.890. The Kier molecular flexibility index (Phi) is 3.76. The summed E-state index contributed by atoms with van der Waals surface area (Å²) in [4.78, 5) is 0. The molecular weight excluding hydrogens is 240 g/mol. The SMILES string of the molecule is Cn1cc(NCc2ccccc2OC(F)F)cn1. The Hall–Kier alpha value is -2.11. The zero-order valence-corrected chi connectivity index (χ0v) is 9.81. The van der Waals surface area contributed by atoms with E-state index in [0.29, 0.717) is 12.1 Å². The first-order valence-corrected chi connectivity index (χ1v) is 5.40. The van der Waals surface area contributed by atoms with Crippen molar-refractivity contribution in [3.63, 3.8) is 0 Å². The summed E-state index contributed by atoms with van der Waals surface area (Å²) in [6, 6.07) is 6.69. The van der Waals surface area contributed by atoms with E-state index in [9.17, 15) is 8.78 Å². The summed E-state index contributed by atoms with van der Waals surface area (Å²) in [6.07, 6.45) is 3.47. The van der Waals surface area contributed by atoms with E-state index in [1.54, 1.807) is 42.3 Å². The Morgan fingerprint density at radius 2 is 2.17 bits per heavy atom. The highest BCUT2D eigenvalue weighted by Crippen LogP contribution is 2.21. The van der Waals surface area contributed by atoms with Crippen molar-refractivity contribution in [3.8, 4) is 5.75 Å². The lowest BCUT2D eigenvalue weighted by atomic mass is 10.2. The first-order chi connectivity index (χ1) is 8.65. The molecule has 1 N–H and O–H groups in total. The fraction of sp³-hybridized carbons (Fsp3) is 0.250. The number of benzene rings is 1. The van der Waals surface area contributed by atoms with Gasteiger partial charge >= 0.3 is 6.61 Å². The highest BCUT2D eigenvalue weighted by Gasteiger charge is 2.08. The van der Waals surface area contributed by atoms with E-state index >= 15 is 0 Å². The number of rotatable bonds is 5. The number of hydrogen-bond donors (Lipinski definition) is 1. The molecule has 0 radical (unpaired) electrons. The van der Waals surface area contributed by atoms with E-state index in [1.807, 2.05) is 0 Å². The van der Waals surface area contributed by atoms with E-state index in [0.717, 1.165) is 5.69 Å². The molecule has 96 valence electrons. The fourth-order valence-corrected chi connectivity index (χ4v) is 1.57. The summed E-state index contributed by atoms with van der Waals surface area (Å²) in [5.74, 6) is 0.184. The average Bonchev–Trinajstić information content (AvgIpc) is 2.73. The van der Waals surface area contributed by atoms with Gasteiger partial charge in [0.25, 0.3) is 0 Å². The van der Waals surface area contributed by atoms with Crippen LogP contribution in [0.3, 0.4) is 0 Å². The van der Waals surface area contributed by atoms with Gasteiger partial charge in [-0.05, 0) is 6.07 Å². The Labute approximate surface area is 103 Å². The van der Waals surface area contributed by atoms with Crippen LogP contribution in [0.2, 0.25) is 0 Å².